The Balaban J connectivity index is 2.22. The predicted octanol–water partition coefficient (Wildman–Crippen LogP) is 4.83. The molecule has 6 heteroatoms. The van der Waals surface area contributed by atoms with Crippen LogP contribution >= 0.6 is 0 Å². The van der Waals surface area contributed by atoms with Gasteiger partial charge in [-0.25, -0.2) is 0 Å². The van der Waals surface area contributed by atoms with Gasteiger partial charge in [-0.15, -0.1) is 0 Å². The minimum Gasteiger partial charge on any atom is -0.463 e. The van der Waals surface area contributed by atoms with Gasteiger partial charge in [-0.3, -0.25) is 14.4 Å². The number of hydrogen-bond acceptors (Lipinski definition) is 6. The molecule has 1 unspecified atom stereocenters. The van der Waals surface area contributed by atoms with Crippen molar-refractivity contribution in [3.8, 4) is 0 Å². The van der Waals surface area contributed by atoms with Crippen molar-refractivity contribution in [1.82, 2.24) is 5.06 Å². The fourth-order valence-corrected chi connectivity index (χ4v) is 4.04. The van der Waals surface area contributed by atoms with Crippen LogP contribution in [-0.4, -0.2) is 40.8 Å². The van der Waals surface area contributed by atoms with E-state index >= 15 is 0 Å². The average molecular weight is 420 g/mol. The summed E-state index contributed by atoms with van der Waals surface area (Å²) in [6, 6.07) is 9.75. The van der Waals surface area contributed by atoms with Gasteiger partial charge in [0.1, 0.15) is 18.8 Å². The zero-order chi connectivity index (χ0) is 22.7. The highest BCUT2D eigenvalue weighted by molar-refractivity contribution is 5.75. The Kier molecular flexibility index (Phi) is 7.36. The van der Waals surface area contributed by atoms with Crippen LogP contribution in [0.5, 0.6) is 0 Å². The summed E-state index contributed by atoms with van der Waals surface area (Å²) in [5, 5.41) is 1.99. The molecule has 0 N–H and O–H groups in total. The van der Waals surface area contributed by atoms with E-state index in [1.165, 1.54) is 6.92 Å². The summed E-state index contributed by atoms with van der Waals surface area (Å²) in [6.45, 7) is 15.4. The largest absolute Gasteiger partial charge is 0.463 e. The highest BCUT2D eigenvalue weighted by Gasteiger charge is 2.49. The number of hydrogen-bond donors (Lipinski definition) is 0. The Morgan fingerprint density at radius 2 is 1.60 bits per heavy atom. The Hall–Kier alpha value is -1.92. The smallest absolute Gasteiger partial charge is 0.311 e. The second kappa shape index (κ2) is 9.06. The van der Waals surface area contributed by atoms with Gasteiger partial charge in [0.2, 0.25) is 0 Å². The molecule has 168 valence electrons. The second-order valence-electron chi connectivity index (χ2n) is 10.4. The van der Waals surface area contributed by atoms with Crippen molar-refractivity contribution in [2.45, 2.75) is 91.5 Å². The van der Waals surface area contributed by atoms with Crippen LogP contribution in [-0.2, 0) is 23.9 Å². The minimum absolute atomic E-state index is 0.129. The molecule has 0 amide bonds. The van der Waals surface area contributed by atoms with Crippen molar-refractivity contribution >= 4 is 11.9 Å². The van der Waals surface area contributed by atoms with E-state index in [4.69, 9.17) is 14.3 Å². The van der Waals surface area contributed by atoms with Gasteiger partial charge < -0.3 is 9.47 Å². The van der Waals surface area contributed by atoms with Crippen molar-refractivity contribution in [1.29, 1.82) is 0 Å². The first-order valence-electron chi connectivity index (χ1n) is 10.6. The fraction of sp³-hybridized carbons (Fsp3) is 0.667. The lowest BCUT2D eigenvalue weighted by molar-refractivity contribution is -0.321. The van der Waals surface area contributed by atoms with E-state index in [2.05, 4.69) is 27.7 Å². The highest BCUT2D eigenvalue weighted by atomic mass is 16.7. The van der Waals surface area contributed by atoms with E-state index in [0.717, 1.165) is 5.56 Å². The summed E-state index contributed by atoms with van der Waals surface area (Å²) in [5.74, 6) is -0.531. The monoisotopic (exact) mass is 419 g/mol. The number of benzene rings is 1. The Morgan fingerprint density at radius 3 is 2.07 bits per heavy atom. The Bertz CT molecular complexity index is 718. The number of esters is 2. The van der Waals surface area contributed by atoms with Crippen LogP contribution in [0.3, 0.4) is 0 Å². The lowest BCUT2D eigenvalue weighted by Crippen LogP contribution is -2.62. The van der Waals surface area contributed by atoms with Crippen LogP contribution in [0.25, 0.3) is 0 Å². The fourth-order valence-electron chi connectivity index (χ4n) is 4.04. The van der Waals surface area contributed by atoms with Crippen LogP contribution in [0.4, 0.5) is 0 Å². The number of carbonyl (C=O) groups excluding carboxylic acids is 2. The van der Waals surface area contributed by atoms with Gasteiger partial charge in [-0.2, -0.15) is 5.06 Å². The van der Waals surface area contributed by atoms with Gasteiger partial charge >= 0.3 is 11.9 Å². The summed E-state index contributed by atoms with van der Waals surface area (Å²) in [6.07, 6.45) is 0.674. The summed E-state index contributed by atoms with van der Waals surface area (Å²) in [4.78, 5) is 30.3. The van der Waals surface area contributed by atoms with Crippen LogP contribution in [0.1, 0.15) is 79.9 Å². The van der Waals surface area contributed by atoms with E-state index in [0.29, 0.717) is 12.8 Å². The first-order valence-corrected chi connectivity index (χ1v) is 10.6. The number of hydroxylamine groups is 2. The normalized spacial score (nSPS) is 20.4. The lowest BCUT2D eigenvalue weighted by Gasteiger charge is -2.54. The third-order valence-electron chi connectivity index (χ3n) is 5.28. The Morgan fingerprint density at radius 1 is 1.07 bits per heavy atom. The summed E-state index contributed by atoms with van der Waals surface area (Å²) in [5.41, 5.74) is -0.391. The third-order valence-corrected chi connectivity index (χ3v) is 5.28. The molecule has 1 atom stereocenters. The van der Waals surface area contributed by atoms with Gasteiger partial charge in [0.05, 0.1) is 5.41 Å². The molecule has 30 heavy (non-hydrogen) atoms. The van der Waals surface area contributed by atoms with E-state index in [-0.39, 0.29) is 24.6 Å². The van der Waals surface area contributed by atoms with E-state index in [1.807, 2.05) is 56.2 Å². The molecule has 0 saturated carbocycles. The molecule has 0 bridgehead atoms. The number of rotatable bonds is 6. The maximum absolute atomic E-state index is 12.4. The van der Waals surface area contributed by atoms with Crippen molar-refractivity contribution in [2.75, 3.05) is 6.61 Å². The zero-order valence-corrected chi connectivity index (χ0v) is 19.7. The molecule has 1 fully saturated rings. The maximum Gasteiger partial charge on any atom is 0.311 e. The summed E-state index contributed by atoms with van der Waals surface area (Å²) in [7, 11) is 0. The third kappa shape index (κ3) is 6.29. The van der Waals surface area contributed by atoms with Crippen LogP contribution in [0, 0.1) is 5.41 Å². The SMILES string of the molecule is CC(=O)OCC(ON1C(C)(C)CC(OC(=O)C(C)(C)C)CC1(C)C)c1ccccc1. The summed E-state index contributed by atoms with van der Waals surface area (Å²) >= 11 is 0. The highest BCUT2D eigenvalue weighted by Crippen LogP contribution is 2.42. The van der Waals surface area contributed by atoms with Crippen molar-refractivity contribution < 1.29 is 23.9 Å². The quantitative estimate of drug-likeness (QED) is 0.615. The second-order valence-corrected chi connectivity index (χ2v) is 10.4. The molecular weight excluding hydrogens is 382 g/mol. The standard InChI is InChI=1S/C24H37NO5/c1-17(26)28-16-20(18-12-10-9-11-13-18)30-25-23(5,6)14-19(15-24(25,7)8)29-21(27)22(2,3)4/h9-13,19-20H,14-16H2,1-8H3. The number of carbonyl (C=O) groups is 2. The average Bonchev–Trinajstić information content (AvgIpc) is 2.59. The molecule has 1 aliphatic heterocycles. The predicted molar refractivity (Wildman–Crippen MR) is 115 cm³/mol. The molecule has 0 aliphatic carbocycles. The molecular formula is C24H37NO5. The van der Waals surface area contributed by atoms with E-state index < -0.39 is 22.6 Å². The number of piperidine rings is 1. The van der Waals surface area contributed by atoms with Crippen LogP contribution in [0.2, 0.25) is 0 Å². The van der Waals surface area contributed by atoms with E-state index in [9.17, 15) is 9.59 Å². The molecule has 1 aromatic rings. The van der Waals surface area contributed by atoms with Gasteiger partial charge in [0.25, 0.3) is 0 Å². The van der Waals surface area contributed by atoms with Crippen molar-refractivity contribution in [2.24, 2.45) is 5.41 Å². The molecule has 1 heterocycles. The summed E-state index contributed by atoms with van der Waals surface area (Å²) < 4.78 is 11.1. The van der Waals surface area contributed by atoms with E-state index in [1.54, 1.807) is 0 Å². The molecule has 6 nitrogen and oxygen atoms in total. The first-order chi connectivity index (χ1) is 13.7. The zero-order valence-electron chi connectivity index (χ0n) is 19.7. The molecule has 0 aromatic heterocycles. The van der Waals surface area contributed by atoms with Crippen LogP contribution < -0.4 is 0 Å². The molecule has 0 spiro atoms. The maximum atomic E-state index is 12.4. The molecule has 1 saturated heterocycles. The Labute approximate surface area is 180 Å². The number of ether oxygens (including phenoxy) is 2. The molecule has 1 aromatic carbocycles. The molecule has 0 radical (unpaired) electrons. The molecule has 1 aliphatic rings. The van der Waals surface area contributed by atoms with Crippen molar-refractivity contribution in [3.63, 3.8) is 0 Å². The van der Waals surface area contributed by atoms with Gasteiger partial charge in [0, 0.05) is 30.8 Å². The van der Waals surface area contributed by atoms with Gasteiger partial charge in [-0.05, 0) is 54.0 Å². The van der Waals surface area contributed by atoms with Crippen LogP contribution in [0.15, 0.2) is 30.3 Å². The first kappa shape index (κ1) is 24.4. The minimum atomic E-state index is -0.537. The number of nitrogens with zero attached hydrogens (tertiary/aromatic N) is 1. The van der Waals surface area contributed by atoms with Gasteiger partial charge in [0.15, 0.2) is 0 Å². The molecule has 2 rings (SSSR count). The topological polar surface area (TPSA) is 65.1 Å². The van der Waals surface area contributed by atoms with Crippen molar-refractivity contribution in [3.05, 3.63) is 35.9 Å². The lowest BCUT2D eigenvalue weighted by atomic mass is 9.80. The van der Waals surface area contributed by atoms with Gasteiger partial charge in [-0.1, -0.05) is 30.3 Å².